The van der Waals surface area contributed by atoms with E-state index in [1.165, 1.54) is 59.1 Å². The van der Waals surface area contributed by atoms with E-state index >= 15 is 0 Å². The fourth-order valence-electron chi connectivity index (χ4n) is 9.57. The van der Waals surface area contributed by atoms with Crippen LogP contribution in [0.5, 0.6) is 0 Å². The Bertz CT molecular complexity index is 3100. The summed E-state index contributed by atoms with van der Waals surface area (Å²) < 4.78 is 2.68. The zero-order valence-corrected chi connectivity index (χ0v) is 36.9. The molecule has 9 aromatic rings. The van der Waals surface area contributed by atoms with E-state index in [-0.39, 0.29) is 5.41 Å². The van der Waals surface area contributed by atoms with Crippen molar-refractivity contribution in [1.29, 1.82) is 0 Å². The van der Waals surface area contributed by atoms with Gasteiger partial charge in [0.25, 0.3) is 0 Å². The van der Waals surface area contributed by atoms with Crippen molar-refractivity contribution in [1.82, 2.24) is 0 Å². The summed E-state index contributed by atoms with van der Waals surface area (Å²) in [6, 6.07) is 71.0. The molecule has 0 bridgehead atoms. The van der Waals surface area contributed by atoms with E-state index < -0.39 is 0 Å². The summed E-state index contributed by atoms with van der Waals surface area (Å²) in [6.07, 6.45) is 8.67. The van der Waals surface area contributed by atoms with Crippen molar-refractivity contribution >= 4 is 71.2 Å². The number of benzene rings is 8. The highest BCUT2D eigenvalue weighted by Crippen LogP contribution is 2.52. The molecule has 0 unspecified atom stereocenters. The molecule has 0 saturated carbocycles. The van der Waals surface area contributed by atoms with Crippen molar-refractivity contribution in [3.63, 3.8) is 0 Å². The van der Waals surface area contributed by atoms with Crippen LogP contribution in [-0.4, -0.2) is 0 Å². The third kappa shape index (κ3) is 7.39. The van der Waals surface area contributed by atoms with Crippen LogP contribution >= 0.6 is 11.3 Å². The predicted octanol–water partition coefficient (Wildman–Crippen LogP) is 17.9. The van der Waals surface area contributed by atoms with Crippen LogP contribution in [-0.2, 0) is 5.41 Å². The van der Waals surface area contributed by atoms with Gasteiger partial charge in [-0.2, -0.15) is 0 Å². The highest BCUT2D eigenvalue weighted by Gasteiger charge is 2.37. The van der Waals surface area contributed by atoms with Crippen molar-refractivity contribution in [3.8, 4) is 22.3 Å². The first-order chi connectivity index (χ1) is 30.9. The molecule has 8 aromatic carbocycles. The average Bonchev–Trinajstić information content (AvgIpc) is 3.83. The molecule has 0 amide bonds. The molecule has 2 nitrogen and oxygen atoms in total. The van der Waals surface area contributed by atoms with Crippen LogP contribution < -0.4 is 9.80 Å². The number of allylic oxidation sites excluding steroid dienone is 5. The summed E-state index contributed by atoms with van der Waals surface area (Å²) >= 11 is 1.88. The quantitative estimate of drug-likeness (QED) is 0.141. The maximum absolute atomic E-state index is 3.36. The van der Waals surface area contributed by atoms with E-state index in [1.807, 2.05) is 18.3 Å². The molecule has 0 spiro atoms. The fraction of sp³-hybridized carbons (Fsp3) is 0.100. The lowest BCUT2D eigenvalue weighted by atomic mass is 9.78. The summed E-state index contributed by atoms with van der Waals surface area (Å²) in [5.41, 5.74) is 17.4. The lowest BCUT2D eigenvalue weighted by molar-refractivity contribution is 0.607. The molecule has 1 heterocycles. The van der Waals surface area contributed by atoms with E-state index in [9.17, 15) is 0 Å². The molecule has 0 radical (unpaired) electrons. The molecule has 3 heteroatoms. The lowest BCUT2D eigenvalue weighted by Gasteiger charge is -2.30. The molecule has 63 heavy (non-hydrogen) atoms. The fourth-order valence-corrected chi connectivity index (χ4v) is 10.8. The second-order valence-electron chi connectivity index (χ2n) is 16.9. The minimum absolute atomic E-state index is 0.0225. The van der Waals surface area contributed by atoms with E-state index in [4.69, 9.17) is 0 Å². The van der Waals surface area contributed by atoms with Gasteiger partial charge in [-0.3, -0.25) is 0 Å². The highest BCUT2D eigenvalue weighted by atomic mass is 32.1. The Morgan fingerprint density at radius 2 is 1.00 bits per heavy atom. The Hall–Kier alpha value is -7.20. The first kappa shape index (κ1) is 39.9. The molecule has 0 atom stereocenters. The Kier molecular flexibility index (Phi) is 10.7. The van der Waals surface area contributed by atoms with Gasteiger partial charge in [0.15, 0.2) is 0 Å². The van der Waals surface area contributed by atoms with Gasteiger partial charge in [0.2, 0.25) is 0 Å². The average molecular weight is 831 g/mol. The van der Waals surface area contributed by atoms with Gasteiger partial charge >= 0.3 is 0 Å². The van der Waals surface area contributed by atoms with E-state index in [0.29, 0.717) is 0 Å². The van der Waals surface area contributed by atoms with E-state index in [1.54, 1.807) is 11.6 Å². The summed E-state index contributed by atoms with van der Waals surface area (Å²) in [5, 5.41) is 2.66. The third-order valence-electron chi connectivity index (χ3n) is 12.6. The molecular formula is C60H50N2S. The molecule has 2 aliphatic carbocycles. The minimum atomic E-state index is -0.0225. The first-order valence-corrected chi connectivity index (χ1v) is 22.8. The summed E-state index contributed by atoms with van der Waals surface area (Å²) in [6.45, 7) is 10.1. The monoisotopic (exact) mass is 830 g/mol. The number of para-hydroxylation sites is 2. The smallest absolute Gasteiger partial charge is 0.0465 e. The Morgan fingerprint density at radius 3 is 1.63 bits per heavy atom. The Morgan fingerprint density at radius 1 is 0.508 bits per heavy atom. The van der Waals surface area contributed by atoms with Crippen molar-refractivity contribution in [2.45, 2.75) is 39.0 Å². The van der Waals surface area contributed by atoms with Crippen LogP contribution in [0.25, 0.3) is 48.0 Å². The van der Waals surface area contributed by atoms with Crippen LogP contribution in [0.1, 0.15) is 44.7 Å². The number of fused-ring (bicyclic) bond motifs is 5. The SMILES string of the molecule is C=CC.CC1(C)C2=C(C=CCC2)c2ccc(N(c3ccc(-c4ccc(-c5cccc6c5sc5ccccc56)cc4)cc3)c3ccc(N(c4ccccc4)c4ccccc4)cc3)cc21. The number of nitrogens with zero attached hydrogens (tertiary/aromatic N) is 2. The lowest BCUT2D eigenvalue weighted by Crippen LogP contribution is -2.19. The van der Waals surface area contributed by atoms with Gasteiger partial charge in [-0.05, 0) is 138 Å². The largest absolute Gasteiger partial charge is 0.311 e. The zero-order valence-electron chi connectivity index (χ0n) is 36.1. The maximum Gasteiger partial charge on any atom is 0.0465 e. The maximum atomic E-state index is 3.36. The molecular weight excluding hydrogens is 781 g/mol. The second-order valence-corrected chi connectivity index (χ2v) is 17.9. The van der Waals surface area contributed by atoms with E-state index in [2.05, 4.69) is 237 Å². The first-order valence-electron chi connectivity index (χ1n) is 22.0. The molecule has 306 valence electrons. The van der Waals surface area contributed by atoms with Gasteiger partial charge in [0.05, 0.1) is 0 Å². The number of rotatable bonds is 8. The molecule has 2 aliphatic rings. The standard InChI is InChI=1S/C57H44N2S.C3H6/c1-57(2)53-22-11-9-18-49(53)50-37-36-47(38-54(50)57)59(46-34-32-45(33-35-46)58(42-14-5-3-6-15-42)43-16-7-4-8-17-43)44-30-28-40(29-31-44)39-24-26-41(27-25-39)48-20-13-21-52-51-19-10-12-23-55(51)60-56(48)52;1-3-2/h3-10,12-21,23-38H,11,22H2,1-2H3;3H,1H2,2H3. The Balaban J connectivity index is 0.00000153. The number of anilines is 6. The minimum Gasteiger partial charge on any atom is -0.311 e. The van der Waals surface area contributed by atoms with Gasteiger partial charge in [0, 0.05) is 59.7 Å². The third-order valence-corrected chi connectivity index (χ3v) is 13.8. The van der Waals surface area contributed by atoms with Crippen molar-refractivity contribution in [3.05, 3.63) is 236 Å². The van der Waals surface area contributed by atoms with Crippen molar-refractivity contribution < 1.29 is 0 Å². The van der Waals surface area contributed by atoms with Crippen LogP contribution in [0, 0.1) is 0 Å². The van der Waals surface area contributed by atoms with Gasteiger partial charge in [-0.25, -0.2) is 0 Å². The van der Waals surface area contributed by atoms with Crippen molar-refractivity contribution in [2.24, 2.45) is 0 Å². The Labute approximate surface area is 376 Å². The van der Waals surface area contributed by atoms with Gasteiger partial charge in [-0.15, -0.1) is 17.9 Å². The molecule has 1 aromatic heterocycles. The van der Waals surface area contributed by atoms with Gasteiger partial charge in [-0.1, -0.05) is 153 Å². The van der Waals surface area contributed by atoms with Crippen LogP contribution in [0.2, 0.25) is 0 Å². The molecule has 0 aliphatic heterocycles. The summed E-state index contributed by atoms with van der Waals surface area (Å²) in [5.74, 6) is 0. The molecule has 0 N–H and O–H groups in total. The highest BCUT2D eigenvalue weighted by molar-refractivity contribution is 7.26. The number of thiophene rings is 1. The van der Waals surface area contributed by atoms with Crippen LogP contribution in [0.15, 0.2) is 225 Å². The van der Waals surface area contributed by atoms with Crippen LogP contribution in [0.3, 0.4) is 0 Å². The molecule has 0 saturated heterocycles. The van der Waals surface area contributed by atoms with Crippen LogP contribution in [0.4, 0.5) is 34.1 Å². The normalized spacial score (nSPS) is 13.6. The molecule has 11 rings (SSSR count). The van der Waals surface area contributed by atoms with Gasteiger partial charge in [0.1, 0.15) is 0 Å². The number of hydrogen-bond donors (Lipinski definition) is 0. The molecule has 0 fully saturated rings. The predicted molar refractivity (Wildman–Crippen MR) is 274 cm³/mol. The zero-order chi connectivity index (χ0) is 42.9. The summed E-state index contributed by atoms with van der Waals surface area (Å²) in [4.78, 5) is 4.74. The summed E-state index contributed by atoms with van der Waals surface area (Å²) in [7, 11) is 0. The second kappa shape index (κ2) is 16.9. The number of hydrogen-bond acceptors (Lipinski definition) is 3. The van der Waals surface area contributed by atoms with E-state index in [0.717, 1.165) is 47.0 Å². The van der Waals surface area contributed by atoms with Gasteiger partial charge < -0.3 is 9.80 Å². The topological polar surface area (TPSA) is 6.48 Å². The van der Waals surface area contributed by atoms with Crippen molar-refractivity contribution in [2.75, 3.05) is 9.80 Å².